The summed E-state index contributed by atoms with van der Waals surface area (Å²) in [6.07, 6.45) is 3.32. The minimum absolute atomic E-state index is 0.185. The molecule has 0 aliphatic heterocycles. The van der Waals surface area contributed by atoms with Gasteiger partial charge >= 0.3 is 0 Å². The number of aliphatic hydroxyl groups excluding tert-OH is 1. The fourth-order valence-electron chi connectivity index (χ4n) is 1.53. The molecule has 5 nitrogen and oxygen atoms in total. The van der Waals surface area contributed by atoms with Gasteiger partial charge in [-0.05, 0) is 24.8 Å². The highest BCUT2D eigenvalue weighted by Gasteiger charge is 2.29. The Morgan fingerprint density at radius 3 is 3.07 bits per heavy atom. The van der Waals surface area contributed by atoms with Crippen molar-refractivity contribution in [3.05, 3.63) is 18.0 Å². The highest BCUT2D eigenvalue weighted by Crippen LogP contribution is 2.32. The topological polar surface area (TPSA) is 67.2 Å². The summed E-state index contributed by atoms with van der Waals surface area (Å²) in [5, 5.41) is 16.2. The van der Waals surface area contributed by atoms with Crippen LogP contribution in [0.4, 0.5) is 0 Å². The van der Waals surface area contributed by atoms with Gasteiger partial charge in [0.25, 0.3) is 5.91 Å². The summed E-state index contributed by atoms with van der Waals surface area (Å²) in [6.45, 7) is 0.328. The molecule has 2 rings (SSSR count). The van der Waals surface area contributed by atoms with E-state index >= 15 is 0 Å². The van der Waals surface area contributed by atoms with Crippen LogP contribution in [-0.2, 0) is 7.05 Å². The standard InChI is InChI=1S/C10H15N3O2/c1-13-8(4-5-12-13)10(15)11-6-9(14)7-2-3-7/h4-5,7,9,14H,2-3,6H2,1H3,(H,11,15). The lowest BCUT2D eigenvalue weighted by atomic mass is 10.2. The molecule has 1 aromatic heterocycles. The SMILES string of the molecule is Cn1nccc1C(=O)NCC(O)C1CC1. The number of amides is 1. The Kier molecular flexibility index (Phi) is 2.73. The molecule has 1 aromatic rings. The van der Waals surface area contributed by atoms with Crippen LogP contribution >= 0.6 is 0 Å². The van der Waals surface area contributed by atoms with Gasteiger partial charge in [-0.3, -0.25) is 9.48 Å². The molecule has 0 bridgehead atoms. The van der Waals surface area contributed by atoms with Gasteiger partial charge in [-0.15, -0.1) is 0 Å². The van der Waals surface area contributed by atoms with Crippen LogP contribution in [0.1, 0.15) is 23.3 Å². The average Bonchev–Trinajstić information content (AvgIpc) is 2.98. The predicted octanol–water partition coefficient (Wildman–Crippen LogP) is -0.0792. The van der Waals surface area contributed by atoms with Gasteiger partial charge in [0.1, 0.15) is 5.69 Å². The molecule has 1 aliphatic rings. The second-order valence-electron chi connectivity index (χ2n) is 3.95. The quantitative estimate of drug-likeness (QED) is 0.729. The fraction of sp³-hybridized carbons (Fsp3) is 0.600. The predicted molar refractivity (Wildman–Crippen MR) is 54.3 cm³/mol. The molecule has 5 heteroatoms. The summed E-state index contributed by atoms with van der Waals surface area (Å²) in [4.78, 5) is 11.6. The van der Waals surface area contributed by atoms with Crippen LogP contribution in [0.5, 0.6) is 0 Å². The zero-order chi connectivity index (χ0) is 10.8. The zero-order valence-electron chi connectivity index (χ0n) is 8.68. The summed E-state index contributed by atoms with van der Waals surface area (Å²) < 4.78 is 1.51. The van der Waals surface area contributed by atoms with Gasteiger partial charge in [0.05, 0.1) is 6.10 Å². The van der Waals surface area contributed by atoms with Crippen LogP contribution < -0.4 is 5.32 Å². The molecule has 0 aromatic carbocycles. The van der Waals surface area contributed by atoms with Crippen LogP contribution in [-0.4, -0.2) is 33.4 Å². The molecule has 0 saturated heterocycles. The first-order chi connectivity index (χ1) is 7.18. The van der Waals surface area contributed by atoms with Crippen LogP contribution in [0.25, 0.3) is 0 Å². The Morgan fingerprint density at radius 1 is 1.80 bits per heavy atom. The Bertz CT molecular complexity index is 357. The maximum absolute atomic E-state index is 11.6. The number of nitrogens with one attached hydrogen (secondary N) is 1. The molecular weight excluding hydrogens is 194 g/mol. The maximum Gasteiger partial charge on any atom is 0.269 e. The number of aliphatic hydroxyl groups is 1. The van der Waals surface area contributed by atoms with Crippen LogP contribution in [0, 0.1) is 5.92 Å². The van der Waals surface area contributed by atoms with Gasteiger partial charge < -0.3 is 10.4 Å². The van der Waals surface area contributed by atoms with Crippen LogP contribution in [0.3, 0.4) is 0 Å². The van der Waals surface area contributed by atoms with Crippen molar-refractivity contribution in [2.24, 2.45) is 13.0 Å². The second kappa shape index (κ2) is 4.02. The Hall–Kier alpha value is -1.36. The molecular formula is C10H15N3O2. The number of carbonyl (C=O) groups excluding carboxylic acids is 1. The van der Waals surface area contributed by atoms with E-state index in [0.717, 1.165) is 12.8 Å². The highest BCUT2D eigenvalue weighted by molar-refractivity contribution is 5.92. The van der Waals surface area contributed by atoms with Gasteiger partial charge in [0, 0.05) is 19.8 Å². The van der Waals surface area contributed by atoms with Gasteiger partial charge in [0.2, 0.25) is 0 Å². The number of hydrogen-bond donors (Lipinski definition) is 2. The number of aryl methyl sites for hydroxylation is 1. The lowest BCUT2D eigenvalue weighted by Gasteiger charge is -2.10. The van der Waals surface area contributed by atoms with E-state index in [0.29, 0.717) is 18.2 Å². The first-order valence-corrected chi connectivity index (χ1v) is 5.12. The van der Waals surface area contributed by atoms with E-state index in [-0.39, 0.29) is 5.91 Å². The Morgan fingerprint density at radius 2 is 2.53 bits per heavy atom. The minimum atomic E-state index is -0.401. The summed E-state index contributed by atoms with van der Waals surface area (Å²) in [5.41, 5.74) is 0.512. The van der Waals surface area contributed by atoms with E-state index in [9.17, 15) is 9.90 Å². The second-order valence-corrected chi connectivity index (χ2v) is 3.95. The molecule has 1 fully saturated rings. The van der Waals surface area contributed by atoms with Crippen molar-refractivity contribution in [1.82, 2.24) is 15.1 Å². The molecule has 1 aliphatic carbocycles. The van der Waals surface area contributed by atoms with Crippen molar-refractivity contribution < 1.29 is 9.90 Å². The third kappa shape index (κ3) is 2.36. The first kappa shape index (κ1) is 10.2. The van der Waals surface area contributed by atoms with E-state index in [2.05, 4.69) is 10.4 Å². The smallest absolute Gasteiger partial charge is 0.269 e. The largest absolute Gasteiger partial charge is 0.391 e. The molecule has 0 spiro atoms. The van der Waals surface area contributed by atoms with E-state index in [1.165, 1.54) is 4.68 Å². The molecule has 1 amide bonds. The van der Waals surface area contributed by atoms with Gasteiger partial charge in [-0.2, -0.15) is 5.10 Å². The van der Waals surface area contributed by atoms with Crippen molar-refractivity contribution in [2.75, 3.05) is 6.54 Å². The monoisotopic (exact) mass is 209 g/mol. The summed E-state index contributed by atoms with van der Waals surface area (Å²) in [6, 6.07) is 1.65. The molecule has 1 saturated carbocycles. The number of hydrogen-bond acceptors (Lipinski definition) is 3. The van der Waals surface area contributed by atoms with E-state index in [1.54, 1.807) is 19.3 Å². The van der Waals surface area contributed by atoms with Crippen molar-refractivity contribution in [3.8, 4) is 0 Å². The normalized spacial score (nSPS) is 17.5. The molecule has 1 heterocycles. The number of nitrogens with zero attached hydrogens (tertiary/aromatic N) is 2. The highest BCUT2D eigenvalue weighted by atomic mass is 16.3. The number of carbonyl (C=O) groups is 1. The van der Waals surface area contributed by atoms with E-state index < -0.39 is 6.10 Å². The fourth-order valence-corrected chi connectivity index (χ4v) is 1.53. The van der Waals surface area contributed by atoms with E-state index in [4.69, 9.17) is 0 Å². The Balaban J connectivity index is 1.84. The van der Waals surface area contributed by atoms with Crippen molar-refractivity contribution in [3.63, 3.8) is 0 Å². The maximum atomic E-state index is 11.6. The lowest BCUT2D eigenvalue weighted by molar-refractivity contribution is 0.0892. The van der Waals surface area contributed by atoms with Crippen molar-refractivity contribution in [1.29, 1.82) is 0 Å². The molecule has 0 radical (unpaired) electrons. The van der Waals surface area contributed by atoms with Gasteiger partial charge in [0.15, 0.2) is 0 Å². The van der Waals surface area contributed by atoms with Crippen molar-refractivity contribution >= 4 is 5.91 Å². The number of aromatic nitrogens is 2. The molecule has 82 valence electrons. The third-order valence-corrected chi connectivity index (χ3v) is 2.69. The summed E-state index contributed by atoms with van der Waals surface area (Å²) >= 11 is 0. The molecule has 1 atom stereocenters. The van der Waals surface area contributed by atoms with E-state index in [1.807, 2.05) is 0 Å². The molecule has 1 unspecified atom stereocenters. The van der Waals surface area contributed by atoms with Crippen molar-refractivity contribution in [2.45, 2.75) is 18.9 Å². The zero-order valence-corrected chi connectivity index (χ0v) is 8.68. The minimum Gasteiger partial charge on any atom is -0.391 e. The Labute approximate surface area is 88.1 Å². The summed E-state index contributed by atoms with van der Waals surface area (Å²) in [7, 11) is 1.71. The van der Waals surface area contributed by atoms with Gasteiger partial charge in [-0.1, -0.05) is 0 Å². The molecule has 2 N–H and O–H groups in total. The average molecular weight is 209 g/mol. The van der Waals surface area contributed by atoms with Crippen LogP contribution in [0.2, 0.25) is 0 Å². The third-order valence-electron chi connectivity index (χ3n) is 2.69. The first-order valence-electron chi connectivity index (χ1n) is 5.12. The van der Waals surface area contributed by atoms with Crippen LogP contribution in [0.15, 0.2) is 12.3 Å². The summed E-state index contributed by atoms with van der Waals surface area (Å²) in [5.74, 6) is 0.200. The number of rotatable bonds is 4. The van der Waals surface area contributed by atoms with Gasteiger partial charge in [-0.25, -0.2) is 0 Å². The lowest BCUT2D eigenvalue weighted by Crippen LogP contribution is -2.34. The molecule has 15 heavy (non-hydrogen) atoms.